The lowest BCUT2D eigenvalue weighted by atomic mass is 9.88. The number of hydrogen-bond acceptors (Lipinski definition) is 1. The second-order valence-electron chi connectivity index (χ2n) is 7.96. The molecular weight excluding hydrogens is 282 g/mol. The second kappa shape index (κ2) is 12.8. The summed E-state index contributed by atoms with van der Waals surface area (Å²) in [5.41, 5.74) is 0. The Morgan fingerprint density at radius 2 is 1.48 bits per heavy atom. The molecular formula is C21H41NO. The van der Waals surface area contributed by atoms with E-state index in [0.29, 0.717) is 17.9 Å². The third-order valence-corrected chi connectivity index (χ3v) is 5.46. The normalized spacial score (nSPS) is 17.4. The van der Waals surface area contributed by atoms with Gasteiger partial charge in [-0.15, -0.1) is 0 Å². The van der Waals surface area contributed by atoms with Crippen LogP contribution in [0.25, 0.3) is 0 Å². The fourth-order valence-electron chi connectivity index (χ4n) is 3.82. The van der Waals surface area contributed by atoms with E-state index in [-0.39, 0.29) is 5.92 Å². The van der Waals surface area contributed by atoms with Crippen molar-refractivity contribution in [3.8, 4) is 0 Å². The van der Waals surface area contributed by atoms with Gasteiger partial charge in [0.05, 0.1) is 0 Å². The van der Waals surface area contributed by atoms with Gasteiger partial charge in [0.25, 0.3) is 0 Å². The quantitative estimate of drug-likeness (QED) is 0.423. The number of carbonyl (C=O) groups excluding carboxylic acids is 1. The maximum absolute atomic E-state index is 12.6. The molecule has 1 aliphatic rings. The average molecular weight is 324 g/mol. The van der Waals surface area contributed by atoms with Crippen molar-refractivity contribution in [1.82, 2.24) is 5.32 Å². The van der Waals surface area contributed by atoms with Crippen molar-refractivity contribution in [2.45, 2.75) is 117 Å². The first-order valence-corrected chi connectivity index (χ1v) is 10.5. The van der Waals surface area contributed by atoms with E-state index in [0.717, 1.165) is 6.42 Å². The average Bonchev–Trinajstić information content (AvgIpc) is 2.54. The van der Waals surface area contributed by atoms with E-state index < -0.39 is 0 Å². The van der Waals surface area contributed by atoms with Crippen LogP contribution in [0, 0.1) is 11.8 Å². The predicted octanol–water partition coefficient (Wildman–Crippen LogP) is 6.24. The number of unbranched alkanes of at least 4 members (excludes halogenated alkanes) is 7. The van der Waals surface area contributed by atoms with Crippen molar-refractivity contribution < 1.29 is 4.79 Å². The Morgan fingerprint density at radius 3 is 2.04 bits per heavy atom. The third-order valence-electron chi connectivity index (χ3n) is 5.46. The molecule has 0 aromatic heterocycles. The van der Waals surface area contributed by atoms with E-state index in [4.69, 9.17) is 0 Å². The van der Waals surface area contributed by atoms with Crippen LogP contribution in [0.3, 0.4) is 0 Å². The first-order valence-electron chi connectivity index (χ1n) is 10.5. The number of nitrogens with one attached hydrogen (secondary N) is 1. The van der Waals surface area contributed by atoms with Crippen LogP contribution in [0.4, 0.5) is 0 Å². The third kappa shape index (κ3) is 9.37. The maximum Gasteiger partial charge on any atom is 0.223 e. The van der Waals surface area contributed by atoms with E-state index in [1.54, 1.807) is 0 Å². The second-order valence-corrected chi connectivity index (χ2v) is 7.96. The van der Waals surface area contributed by atoms with Gasteiger partial charge in [0.2, 0.25) is 5.91 Å². The van der Waals surface area contributed by atoms with E-state index in [9.17, 15) is 4.79 Å². The van der Waals surface area contributed by atoms with Gasteiger partial charge in [0, 0.05) is 12.0 Å². The monoisotopic (exact) mass is 323 g/mol. The maximum atomic E-state index is 12.6. The Hall–Kier alpha value is -0.530. The van der Waals surface area contributed by atoms with Crippen LogP contribution in [-0.2, 0) is 4.79 Å². The molecule has 0 aromatic rings. The molecule has 0 aliphatic heterocycles. The first kappa shape index (κ1) is 20.5. The van der Waals surface area contributed by atoms with Gasteiger partial charge in [0.1, 0.15) is 0 Å². The molecule has 0 radical (unpaired) electrons. The lowest BCUT2D eigenvalue weighted by Gasteiger charge is -2.27. The molecule has 1 N–H and O–H groups in total. The molecule has 1 unspecified atom stereocenters. The Morgan fingerprint density at radius 1 is 0.913 bits per heavy atom. The Balaban J connectivity index is 2.16. The zero-order chi connectivity index (χ0) is 16.9. The summed E-state index contributed by atoms with van der Waals surface area (Å²) in [6.45, 7) is 6.68. The lowest BCUT2D eigenvalue weighted by Crippen LogP contribution is -2.41. The minimum atomic E-state index is 0.219. The van der Waals surface area contributed by atoms with Crippen molar-refractivity contribution in [2.75, 3.05) is 0 Å². The van der Waals surface area contributed by atoms with Crippen molar-refractivity contribution in [3.05, 3.63) is 0 Å². The molecule has 1 aliphatic carbocycles. The van der Waals surface area contributed by atoms with Crippen LogP contribution in [0.5, 0.6) is 0 Å². The molecule has 2 nitrogen and oxygen atoms in total. The van der Waals surface area contributed by atoms with Gasteiger partial charge in [0.15, 0.2) is 0 Å². The molecule has 1 fully saturated rings. The van der Waals surface area contributed by atoms with Gasteiger partial charge in [-0.2, -0.15) is 0 Å². The standard InChI is InChI=1S/C21H41NO/c1-4-5-6-7-8-9-10-14-17-20(18(2)3)21(23)22-19-15-12-11-13-16-19/h18-20H,4-17H2,1-3H3,(H,22,23). The minimum absolute atomic E-state index is 0.219. The number of amides is 1. The van der Waals surface area contributed by atoms with E-state index in [1.807, 2.05) is 0 Å². The Kier molecular flexibility index (Phi) is 11.5. The van der Waals surface area contributed by atoms with E-state index in [2.05, 4.69) is 26.1 Å². The SMILES string of the molecule is CCCCCCCCCCC(C(=O)NC1CCCCC1)C(C)C. The van der Waals surface area contributed by atoms with Crippen LogP contribution >= 0.6 is 0 Å². The predicted molar refractivity (Wildman–Crippen MR) is 101 cm³/mol. The van der Waals surface area contributed by atoms with Gasteiger partial charge >= 0.3 is 0 Å². The van der Waals surface area contributed by atoms with Gasteiger partial charge in [-0.25, -0.2) is 0 Å². The summed E-state index contributed by atoms with van der Waals surface area (Å²) in [7, 11) is 0. The molecule has 136 valence electrons. The molecule has 1 atom stereocenters. The summed E-state index contributed by atoms with van der Waals surface area (Å²) in [6, 6.07) is 0.455. The van der Waals surface area contributed by atoms with E-state index >= 15 is 0 Å². The molecule has 0 bridgehead atoms. The summed E-state index contributed by atoms with van der Waals surface area (Å²) in [5.74, 6) is 1.01. The zero-order valence-electron chi connectivity index (χ0n) is 16.0. The Labute approximate surface area is 145 Å². The van der Waals surface area contributed by atoms with Gasteiger partial charge in [-0.3, -0.25) is 4.79 Å². The summed E-state index contributed by atoms with van der Waals surface area (Å²) < 4.78 is 0. The number of hydrogen-bond donors (Lipinski definition) is 1. The highest BCUT2D eigenvalue weighted by molar-refractivity contribution is 5.79. The molecule has 0 aromatic carbocycles. The summed E-state index contributed by atoms with van der Waals surface area (Å²) in [5, 5.41) is 3.34. The highest BCUT2D eigenvalue weighted by atomic mass is 16.1. The smallest absolute Gasteiger partial charge is 0.223 e. The van der Waals surface area contributed by atoms with Crippen molar-refractivity contribution >= 4 is 5.91 Å². The highest BCUT2D eigenvalue weighted by Gasteiger charge is 2.24. The molecule has 0 spiro atoms. The topological polar surface area (TPSA) is 29.1 Å². The molecule has 1 saturated carbocycles. The van der Waals surface area contributed by atoms with Crippen LogP contribution in [0.15, 0.2) is 0 Å². The van der Waals surface area contributed by atoms with Gasteiger partial charge in [-0.1, -0.05) is 91.4 Å². The Bertz CT molecular complexity index is 294. The molecule has 0 saturated heterocycles. The van der Waals surface area contributed by atoms with Crippen molar-refractivity contribution in [1.29, 1.82) is 0 Å². The fourth-order valence-corrected chi connectivity index (χ4v) is 3.82. The van der Waals surface area contributed by atoms with Crippen LogP contribution < -0.4 is 5.32 Å². The first-order chi connectivity index (χ1) is 11.1. The highest BCUT2D eigenvalue weighted by Crippen LogP contribution is 2.22. The molecule has 2 heteroatoms. The number of rotatable bonds is 12. The van der Waals surface area contributed by atoms with Crippen LogP contribution in [-0.4, -0.2) is 11.9 Å². The summed E-state index contributed by atoms with van der Waals surface area (Å²) >= 11 is 0. The molecule has 1 rings (SSSR count). The molecule has 1 amide bonds. The largest absolute Gasteiger partial charge is 0.353 e. The summed E-state index contributed by atoms with van der Waals surface area (Å²) in [4.78, 5) is 12.6. The lowest BCUT2D eigenvalue weighted by molar-refractivity contribution is -0.127. The van der Waals surface area contributed by atoms with Crippen LogP contribution in [0.2, 0.25) is 0 Å². The van der Waals surface area contributed by atoms with E-state index in [1.165, 1.54) is 83.5 Å². The number of carbonyl (C=O) groups is 1. The van der Waals surface area contributed by atoms with Gasteiger partial charge < -0.3 is 5.32 Å². The molecule has 23 heavy (non-hydrogen) atoms. The molecule has 0 heterocycles. The van der Waals surface area contributed by atoms with Gasteiger partial charge in [-0.05, 0) is 25.2 Å². The summed E-state index contributed by atoms with van der Waals surface area (Å²) in [6.07, 6.45) is 18.1. The zero-order valence-corrected chi connectivity index (χ0v) is 16.0. The minimum Gasteiger partial charge on any atom is -0.353 e. The van der Waals surface area contributed by atoms with Crippen molar-refractivity contribution in [3.63, 3.8) is 0 Å². The van der Waals surface area contributed by atoms with Crippen molar-refractivity contribution in [2.24, 2.45) is 11.8 Å². The van der Waals surface area contributed by atoms with Crippen LogP contribution in [0.1, 0.15) is 111 Å². The fraction of sp³-hybridized carbons (Fsp3) is 0.952.